The summed E-state index contributed by atoms with van der Waals surface area (Å²) in [5.41, 5.74) is 3.15. The first kappa shape index (κ1) is 15.9. The van der Waals surface area contributed by atoms with E-state index in [-0.39, 0.29) is 17.7 Å². The van der Waals surface area contributed by atoms with Crippen molar-refractivity contribution >= 4 is 22.9 Å². The lowest BCUT2D eigenvalue weighted by Crippen LogP contribution is -2.36. The number of nitrogens with zero attached hydrogens (tertiary/aromatic N) is 3. The summed E-state index contributed by atoms with van der Waals surface area (Å²) in [5, 5.41) is 0. The van der Waals surface area contributed by atoms with E-state index in [1.54, 1.807) is 0 Å². The van der Waals surface area contributed by atoms with E-state index in [0.29, 0.717) is 6.54 Å². The molecule has 1 aliphatic heterocycles. The number of rotatable bonds is 4. The van der Waals surface area contributed by atoms with Gasteiger partial charge in [-0.15, -0.1) is 0 Å². The van der Waals surface area contributed by atoms with Crippen LogP contribution in [-0.2, 0) is 11.3 Å². The van der Waals surface area contributed by atoms with Gasteiger partial charge in [0.15, 0.2) is 0 Å². The lowest BCUT2D eigenvalue weighted by Gasteiger charge is -2.26. The maximum absolute atomic E-state index is 13.5. The highest BCUT2D eigenvalue weighted by atomic mass is 16.2. The average molecular weight is 333 g/mol. The molecular weight excluding hydrogens is 310 g/mol. The van der Waals surface area contributed by atoms with E-state index in [1.165, 1.54) is 0 Å². The Kier molecular flexibility index (Phi) is 4.04. The molecule has 0 N–H and O–H groups in total. The molecule has 1 amide bonds. The second kappa shape index (κ2) is 6.36. The highest BCUT2D eigenvalue weighted by molar-refractivity contribution is 5.99. The van der Waals surface area contributed by atoms with Gasteiger partial charge in [-0.1, -0.05) is 62.7 Å². The fraction of sp³-hybridized carbons (Fsp3) is 0.333. The van der Waals surface area contributed by atoms with Crippen molar-refractivity contribution in [3.05, 3.63) is 60.2 Å². The Morgan fingerprint density at radius 3 is 2.56 bits per heavy atom. The van der Waals surface area contributed by atoms with Gasteiger partial charge >= 0.3 is 0 Å². The van der Waals surface area contributed by atoms with Crippen LogP contribution in [0.5, 0.6) is 0 Å². The fourth-order valence-electron chi connectivity index (χ4n) is 3.78. The van der Waals surface area contributed by atoms with Crippen molar-refractivity contribution in [3.8, 4) is 0 Å². The zero-order valence-corrected chi connectivity index (χ0v) is 14.7. The van der Waals surface area contributed by atoms with Crippen molar-refractivity contribution in [2.75, 3.05) is 11.4 Å². The summed E-state index contributed by atoms with van der Waals surface area (Å²) < 4.78 is 2.16. The third-order valence-electron chi connectivity index (χ3n) is 5.33. The number of anilines is 1. The maximum atomic E-state index is 13.5. The predicted octanol–water partition coefficient (Wildman–Crippen LogP) is 4.21. The molecule has 3 aromatic rings. The Morgan fingerprint density at radius 2 is 1.80 bits per heavy atom. The summed E-state index contributed by atoms with van der Waals surface area (Å²) in [7, 11) is 0. The molecule has 2 unspecified atom stereocenters. The van der Waals surface area contributed by atoms with E-state index in [2.05, 4.69) is 36.6 Å². The second-order valence-corrected chi connectivity index (χ2v) is 6.82. The van der Waals surface area contributed by atoms with Gasteiger partial charge in [0.05, 0.1) is 17.0 Å². The smallest absolute Gasteiger partial charge is 0.237 e. The number of carbonyl (C=O) groups is 1. The summed E-state index contributed by atoms with van der Waals surface area (Å²) in [5.74, 6) is 1.11. The van der Waals surface area contributed by atoms with E-state index in [9.17, 15) is 4.79 Å². The number of imidazole rings is 1. The van der Waals surface area contributed by atoms with Gasteiger partial charge in [-0.25, -0.2) is 4.98 Å². The van der Waals surface area contributed by atoms with Gasteiger partial charge in [-0.2, -0.15) is 0 Å². The fourth-order valence-corrected chi connectivity index (χ4v) is 3.78. The number of aromatic nitrogens is 2. The van der Waals surface area contributed by atoms with Gasteiger partial charge in [0.1, 0.15) is 0 Å². The molecule has 1 aliphatic rings. The molecule has 0 saturated heterocycles. The molecule has 1 aromatic heterocycles. The third-order valence-corrected chi connectivity index (χ3v) is 5.33. The molecule has 2 aromatic carbocycles. The number of hydrogen-bond acceptors (Lipinski definition) is 2. The molecule has 0 radical (unpaired) electrons. The summed E-state index contributed by atoms with van der Waals surface area (Å²) in [6, 6.07) is 18.2. The highest BCUT2D eigenvalue weighted by Gasteiger charge is 2.35. The average Bonchev–Trinajstić information content (AvgIpc) is 3.21. The van der Waals surface area contributed by atoms with Gasteiger partial charge in [-0.3, -0.25) is 9.69 Å². The normalized spacial score (nSPS) is 16.0. The number of benzene rings is 2. The first-order chi connectivity index (χ1) is 12.2. The Bertz CT molecular complexity index is 900. The van der Waals surface area contributed by atoms with Gasteiger partial charge in [0.25, 0.3) is 0 Å². The van der Waals surface area contributed by atoms with E-state index >= 15 is 0 Å². The third kappa shape index (κ3) is 2.62. The minimum atomic E-state index is -0.127. The van der Waals surface area contributed by atoms with Crippen LogP contribution in [0.25, 0.3) is 11.0 Å². The van der Waals surface area contributed by atoms with Crippen LogP contribution in [0.1, 0.15) is 31.7 Å². The molecular formula is C21H23N3O. The van der Waals surface area contributed by atoms with Gasteiger partial charge in [0.2, 0.25) is 11.9 Å². The zero-order chi connectivity index (χ0) is 17.4. The monoisotopic (exact) mass is 333 g/mol. The van der Waals surface area contributed by atoms with Gasteiger partial charge < -0.3 is 4.57 Å². The molecule has 4 heteroatoms. The van der Waals surface area contributed by atoms with Crippen LogP contribution in [0.3, 0.4) is 0 Å². The van der Waals surface area contributed by atoms with Gasteiger partial charge in [-0.05, 0) is 23.6 Å². The van der Waals surface area contributed by atoms with Crippen LogP contribution in [0, 0.1) is 5.92 Å². The predicted molar refractivity (Wildman–Crippen MR) is 101 cm³/mol. The van der Waals surface area contributed by atoms with Crippen molar-refractivity contribution in [1.29, 1.82) is 0 Å². The largest absolute Gasteiger partial charge is 0.308 e. The van der Waals surface area contributed by atoms with Crippen LogP contribution in [0.2, 0.25) is 0 Å². The highest BCUT2D eigenvalue weighted by Crippen LogP contribution is 2.34. The minimum absolute atomic E-state index is 0.127. The Labute approximate surface area is 148 Å². The van der Waals surface area contributed by atoms with Crippen molar-refractivity contribution < 1.29 is 4.79 Å². The van der Waals surface area contributed by atoms with Crippen molar-refractivity contribution in [3.63, 3.8) is 0 Å². The summed E-state index contributed by atoms with van der Waals surface area (Å²) >= 11 is 0. The molecule has 0 bridgehead atoms. The first-order valence-corrected chi connectivity index (χ1v) is 9.02. The number of hydrogen-bond donors (Lipinski definition) is 0. The van der Waals surface area contributed by atoms with Crippen LogP contribution < -0.4 is 4.90 Å². The molecule has 0 aliphatic carbocycles. The lowest BCUT2D eigenvalue weighted by molar-refractivity contribution is -0.121. The Morgan fingerprint density at radius 1 is 1.08 bits per heavy atom. The number of amides is 1. The Hall–Kier alpha value is -2.62. The summed E-state index contributed by atoms with van der Waals surface area (Å²) in [6.45, 7) is 5.82. The van der Waals surface area contributed by atoms with Crippen molar-refractivity contribution in [2.45, 2.75) is 32.7 Å². The Balaban J connectivity index is 1.73. The first-order valence-electron chi connectivity index (χ1n) is 9.02. The van der Waals surface area contributed by atoms with Crippen molar-refractivity contribution in [2.24, 2.45) is 5.92 Å². The SMILES string of the molecule is CCC(C)C(C(=O)N1CCn2c1nc1ccccc12)c1ccccc1. The lowest BCUT2D eigenvalue weighted by atomic mass is 9.84. The quantitative estimate of drug-likeness (QED) is 0.717. The second-order valence-electron chi connectivity index (χ2n) is 6.82. The number of carbonyl (C=O) groups excluding carboxylic acids is 1. The molecule has 128 valence electrons. The van der Waals surface area contributed by atoms with E-state index in [1.807, 2.05) is 41.3 Å². The van der Waals surface area contributed by atoms with Crippen LogP contribution in [0.15, 0.2) is 54.6 Å². The zero-order valence-electron chi connectivity index (χ0n) is 14.7. The van der Waals surface area contributed by atoms with Crippen LogP contribution in [0.4, 0.5) is 5.95 Å². The maximum Gasteiger partial charge on any atom is 0.237 e. The summed E-state index contributed by atoms with van der Waals surface area (Å²) in [6.07, 6.45) is 0.968. The molecule has 2 atom stereocenters. The standard InChI is InChI=1S/C21H23N3O/c1-3-15(2)19(16-9-5-4-6-10-16)20(25)24-14-13-23-18-12-8-7-11-17(18)22-21(23)24/h4-12,15,19H,3,13-14H2,1-2H3. The molecule has 0 fully saturated rings. The van der Waals surface area contributed by atoms with E-state index in [0.717, 1.165) is 35.5 Å². The van der Waals surface area contributed by atoms with E-state index < -0.39 is 0 Å². The van der Waals surface area contributed by atoms with Gasteiger partial charge in [0, 0.05) is 13.1 Å². The van der Waals surface area contributed by atoms with Crippen LogP contribution in [-0.4, -0.2) is 22.0 Å². The molecule has 4 rings (SSSR count). The van der Waals surface area contributed by atoms with Crippen LogP contribution >= 0.6 is 0 Å². The molecule has 4 nitrogen and oxygen atoms in total. The minimum Gasteiger partial charge on any atom is -0.308 e. The molecule has 0 spiro atoms. The summed E-state index contributed by atoms with van der Waals surface area (Å²) in [4.78, 5) is 20.1. The molecule has 25 heavy (non-hydrogen) atoms. The number of para-hydroxylation sites is 2. The van der Waals surface area contributed by atoms with Crippen molar-refractivity contribution in [1.82, 2.24) is 9.55 Å². The van der Waals surface area contributed by atoms with E-state index in [4.69, 9.17) is 4.98 Å². The topological polar surface area (TPSA) is 38.1 Å². The number of fused-ring (bicyclic) bond motifs is 3. The molecule has 2 heterocycles. The molecule has 0 saturated carbocycles.